The maximum absolute atomic E-state index is 14.2. The summed E-state index contributed by atoms with van der Waals surface area (Å²) in [4.78, 5) is 34.2. The van der Waals surface area contributed by atoms with Gasteiger partial charge in [0.15, 0.2) is 11.9 Å². The number of rotatable bonds is 9. The number of carbonyl (C=O) groups is 2. The predicted octanol–water partition coefficient (Wildman–Crippen LogP) is 5.74. The maximum atomic E-state index is 14.2. The van der Waals surface area contributed by atoms with E-state index in [0.29, 0.717) is 15.5 Å². The number of carboxylic acid groups (broad SMARTS) is 1. The third kappa shape index (κ3) is 8.39. The Labute approximate surface area is 242 Å². The quantitative estimate of drug-likeness (QED) is 0.238. The minimum absolute atomic E-state index is 0.0424. The van der Waals surface area contributed by atoms with Crippen molar-refractivity contribution in [1.29, 1.82) is 0 Å². The highest BCUT2D eigenvalue weighted by atomic mass is 35.5. The summed E-state index contributed by atoms with van der Waals surface area (Å²) in [6.07, 6.45) is -0.967. The average molecular weight is 627 g/mol. The number of hydrogen-bond acceptors (Lipinski definition) is 6. The van der Waals surface area contributed by atoms with Crippen molar-refractivity contribution in [1.82, 2.24) is 14.3 Å². The smallest absolute Gasteiger partial charge is 0.355 e. The summed E-state index contributed by atoms with van der Waals surface area (Å²) in [5.74, 6) is -2.36. The topological polar surface area (TPSA) is 113 Å². The molecule has 218 valence electrons. The van der Waals surface area contributed by atoms with Crippen LogP contribution in [0.4, 0.5) is 13.2 Å². The molecule has 15 heteroatoms. The van der Waals surface area contributed by atoms with Gasteiger partial charge in [0.2, 0.25) is 0 Å². The summed E-state index contributed by atoms with van der Waals surface area (Å²) >= 11 is 17.6. The first kappa shape index (κ1) is 33.0. The van der Waals surface area contributed by atoms with Crippen molar-refractivity contribution in [3.05, 3.63) is 73.6 Å². The lowest BCUT2D eigenvalue weighted by atomic mass is 10.1. The number of carboxylic acids is 1. The number of aromatic nitrogens is 3. The lowest BCUT2D eigenvalue weighted by Gasteiger charge is -2.12. The van der Waals surface area contributed by atoms with Crippen LogP contribution in [0, 0.1) is 19.7 Å². The van der Waals surface area contributed by atoms with E-state index in [-0.39, 0.29) is 39.7 Å². The molecule has 1 aromatic heterocycles. The lowest BCUT2D eigenvalue weighted by molar-refractivity contribution is -0.144. The monoisotopic (exact) mass is 625 g/mol. The highest BCUT2D eigenvalue weighted by Gasteiger charge is 2.23. The van der Waals surface area contributed by atoms with Gasteiger partial charge in [-0.25, -0.2) is 18.5 Å². The molecule has 2 unspecified atom stereocenters. The number of halogens is 6. The second-order valence-electron chi connectivity index (χ2n) is 8.22. The standard InChI is InChI=1S/C15H14Cl2F3N3O3.C10H11ClO3/c1-3-26-13(24)10(17)4-8-5-12(11(18)6-9(8)16)23-15(25)22(14(19)20)7(2)21-23;1-6-5-8(11)3-4-9(6)14-7(2)10(12)13/h5-6,10,14H,3-4H2,1-2H3;3-5,7H,1-2H3,(H,12,13). The van der Waals surface area contributed by atoms with Crippen LogP contribution < -0.4 is 10.4 Å². The molecule has 3 rings (SSSR count). The Morgan fingerprint density at radius 1 is 1.15 bits per heavy atom. The van der Waals surface area contributed by atoms with Crippen LogP contribution in [0.2, 0.25) is 10.0 Å². The Balaban J connectivity index is 0.000000337. The summed E-state index contributed by atoms with van der Waals surface area (Å²) in [5.41, 5.74) is -0.542. The van der Waals surface area contributed by atoms with E-state index >= 15 is 0 Å². The first-order valence-electron chi connectivity index (χ1n) is 11.6. The molecule has 0 saturated carbocycles. The van der Waals surface area contributed by atoms with Gasteiger partial charge in [-0.1, -0.05) is 23.2 Å². The fraction of sp³-hybridized carbons (Fsp3) is 0.360. The predicted molar refractivity (Wildman–Crippen MR) is 143 cm³/mol. The molecule has 3 aromatic rings. The van der Waals surface area contributed by atoms with Gasteiger partial charge in [0.1, 0.15) is 22.6 Å². The van der Waals surface area contributed by atoms with Crippen LogP contribution >= 0.6 is 34.8 Å². The number of nitrogens with zero attached hydrogens (tertiary/aromatic N) is 3. The molecular formula is C25H25Cl3F3N3O6. The Morgan fingerprint density at radius 3 is 2.33 bits per heavy atom. The van der Waals surface area contributed by atoms with Crippen molar-refractivity contribution >= 4 is 46.7 Å². The van der Waals surface area contributed by atoms with Crippen molar-refractivity contribution in [3.8, 4) is 11.4 Å². The molecule has 0 bridgehead atoms. The van der Waals surface area contributed by atoms with E-state index in [9.17, 15) is 27.6 Å². The van der Waals surface area contributed by atoms with Crippen molar-refractivity contribution in [2.24, 2.45) is 0 Å². The van der Waals surface area contributed by atoms with Gasteiger partial charge in [0.05, 0.1) is 6.61 Å². The van der Waals surface area contributed by atoms with Crippen molar-refractivity contribution in [2.75, 3.05) is 6.61 Å². The molecule has 0 fully saturated rings. The SMILES string of the molecule is CCOC(=O)C(Cl)Cc1cc(-n2nc(C)n(C(F)F)c2=O)c(F)cc1Cl.Cc1cc(Cl)ccc1OC(C)C(=O)O. The molecule has 2 aromatic carbocycles. The number of aryl methyl sites for hydroxylation is 2. The second-order valence-corrected chi connectivity index (χ2v) is 9.59. The molecule has 0 aliphatic rings. The molecule has 0 aliphatic carbocycles. The van der Waals surface area contributed by atoms with E-state index in [0.717, 1.165) is 17.7 Å². The van der Waals surface area contributed by atoms with Crippen LogP contribution in [-0.2, 0) is 20.7 Å². The maximum Gasteiger partial charge on any atom is 0.355 e. The summed E-state index contributed by atoms with van der Waals surface area (Å²) in [6, 6.07) is 7.08. The van der Waals surface area contributed by atoms with Crippen LogP contribution in [0.3, 0.4) is 0 Å². The van der Waals surface area contributed by atoms with E-state index in [1.54, 1.807) is 25.1 Å². The van der Waals surface area contributed by atoms with Gasteiger partial charge in [0, 0.05) is 16.5 Å². The van der Waals surface area contributed by atoms with E-state index < -0.39 is 41.5 Å². The van der Waals surface area contributed by atoms with Crippen molar-refractivity contribution in [3.63, 3.8) is 0 Å². The summed E-state index contributed by atoms with van der Waals surface area (Å²) in [5, 5.41) is 11.8. The first-order chi connectivity index (χ1) is 18.7. The van der Waals surface area contributed by atoms with Crippen LogP contribution in [0.5, 0.6) is 5.75 Å². The molecule has 0 amide bonds. The molecule has 0 saturated heterocycles. The average Bonchev–Trinajstić information content (AvgIpc) is 3.16. The zero-order valence-corrected chi connectivity index (χ0v) is 23.9. The van der Waals surface area contributed by atoms with Crippen molar-refractivity contribution in [2.45, 2.75) is 52.1 Å². The third-order valence-electron chi connectivity index (χ3n) is 5.25. The van der Waals surface area contributed by atoms with E-state index in [1.807, 2.05) is 6.92 Å². The Hall–Kier alpha value is -3.22. The lowest BCUT2D eigenvalue weighted by Crippen LogP contribution is -2.25. The minimum Gasteiger partial charge on any atom is -0.479 e. The molecular weight excluding hydrogens is 602 g/mol. The van der Waals surface area contributed by atoms with Crippen LogP contribution in [0.25, 0.3) is 5.69 Å². The molecule has 0 radical (unpaired) electrons. The zero-order chi connectivity index (χ0) is 30.3. The van der Waals surface area contributed by atoms with Gasteiger partial charge in [0.25, 0.3) is 0 Å². The Morgan fingerprint density at radius 2 is 1.80 bits per heavy atom. The van der Waals surface area contributed by atoms with Gasteiger partial charge in [-0.05, 0) is 69.2 Å². The Bertz CT molecular complexity index is 1430. The van der Waals surface area contributed by atoms with Crippen LogP contribution in [-0.4, -0.2) is 49.5 Å². The second kappa shape index (κ2) is 14.4. The zero-order valence-electron chi connectivity index (χ0n) is 21.6. The summed E-state index contributed by atoms with van der Waals surface area (Å²) in [7, 11) is 0. The third-order valence-corrected chi connectivity index (χ3v) is 6.17. The minimum atomic E-state index is -3.12. The molecule has 40 heavy (non-hydrogen) atoms. The van der Waals surface area contributed by atoms with Gasteiger partial charge in [-0.15, -0.1) is 16.7 Å². The van der Waals surface area contributed by atoms with Crippen molar-refractivity contribution < 1.29 is 37.3 Å². The van der Waals surface area contributed by atoms with Gasteiger partial charge in [-0.3, -0.25) is 4.79 Å². The Kier molecular flexibility index (Phi) is 11.9. The van der Waals surface area contributed by atoms with E-state index in [1.165, 1.54) is 13.8 Å². The summed E-state index contributed by atoms with van der Waals surface area (Å²) < 4.78 is 50.7. The number of ether oxygens (including phenoxy) is 2. The van der Waals surface area contributed by atoms with E-state index in [2.05, 4.69) is 5.10 Å². The summed E-state index contributed by atoms with van der Waals surface area (Å²) in [6.45, 7) is 3.10. The number of esters is 1. The molecule has 9 nitrogen and oxygen atoms in total. The molecule has 1 heterocycles. The van der Waals surface area contributed by atoms with E-state index in [4.69, 9.17) is 49.4 Å². The number of aliphatic carboxylic acids is 1. The fourth-order valence-electron chi connectivity index (χ4n) is 3.25. The van der Waals surface area contributed by atoms with Crippen LogP contribution in [0.15, 0.2) is 35.1 Å². The van der Waals surface area contributed by atoms with Gasteiger partial charge < -0.3 is 14.6 Å². The highest BCUT2D eigenvalue weighted by Crippen LogP contribution is 2.26. The number of benzene rings is 2. The molecule has 2 atom stereocenters. The van der Waals surface area contributed by atoms with Crippen LogP contribution in [0.1, 0.15) is 37.3 Å². The van der Waals surface area contributed by atoms with Gasteiger partial charge in [-0.2, -0.15) is 13.5 Å². The number of carbonyl (C=O) groups excluding carboxylic acids is 1. The number of hydrogen-bond donors (Lipinski definition) is 1. The normalized spacial score (nSPS) is 12.4. The largest absolute Gasteiger partial charge is 0.479 e. The first-order valence-corrected chi connectivity index (χ1v) is 12.8. The van der Waals surface area contributed by atoms with Gasteiger partial charge >= 0.3 is 24.2 Å². The number of alkyl halides is 3. The highest BCUT2D eigenvalue weighted by molar-refractivity contribution is 6.32. The molecule has 0 aliphatic heterocycles. The molecule has 0 spiro atoms. The fourth-order valence-corrected chi connectivity index (χ4v) is 3.94. The molecule has 1 N–H and O–H groups in total.